The number of hydrogen-bond donors (Lipinski definition) is 0. The van der Waals surface area contributed by atoms with E-state index in [1.165, 1.54) is 0 Å². The first-order valence-corrected chi connectivity index (χ1v) is 13.5. The smallest absolute Gasteiger partial charge is 0.241 e. The van der Waals surface area contributed by atoms with E-state index in [0.29, 0.717) is 0 Å². The average molecular weight is 295 g/mol. The second-order valence-corrected chi connectivity index (χ2v) is 15.6. The lowest BCUT2D eigenvalue weighted by Gasteiger charge is -2.31. The Bertz CT molecular complexity index is 416. The SMILES string of the molecule is C=C(O[Si](C)(C)C)C(O[Si](C)(C)C)c1ccccc1. The van der Waals surface area contributed by atoms with Gasteiger partial charge in [0.05, 0.1) is 0 Å². The minimum Gasteiger partial charge on any atom is -0.546 e. The fraction of sp³-hybridized carbons (Fsp3) is 0.467. The van der Waals surface area contributed by atoms with Crippen LogP contribution in [0.2, 0.25) is 39.3 Å². The molecule has 2 nitrogen and oxygen atoms in total. The molecule has 0 fully saturated rings. The Morgan fingerprint density at radius 3 is 1.89 bits per heavy atom. The van der Waals surface area contributed by atoms with Crippen LogP contribution in [-0.4, -0.2) is 16.6 Å². The summed E-state index contributed by atoms with van der Waals surface area (Å²) in [7, 11) is -3.32. The first-order valence-electron chi connectivity index (χ1n) is 6.69. The highest BCUT2D eigenvalue weighted by Gasteiger charge is 2.28. The zero-order valence-corrected chi connectivity index (χ0v) is 15.0. The Kier molecular flexibility index (Phi) is 5.18. The van der Waals surface area contributed by atoms with Crippen molar-refractivity contribution in [3.05, 3.63) is 48.2 Å². The molecule has 1 aromatic carbocycles. The molecule has 106 valence electrons. The summed E-state index contributed by atoms with van der Waals surface area (Å²) in [5, 5.41) is 0. The third-order valence-corrected chi connectivity index (χ3v) is 4.12. The predicted molar refractivity (Wildman–Crippen MR) is 87.2 cm³/mol. The Morgan fingerprint density at radius 2 is 1.47 bits per heavy atom. The number of rotatable bonds is 6. The van der Waals surface area contributed by atoms with Gasteiger partial charge in [0.25, 0.3) is 0 Å². The van der Waals surface area contributed by atoms with E-state index in [1.807, 2.05) is 18.2 Å². The monoisotopic (exact) mass is 294 g/mol. The summed E-state index contributed by atoms with van der Waals surface area (Å²) in [6, 6.07) is 10.2. The van der Waals surface area contributed by atoms with E-state index < -0.39 is 16.6 Å². The van der Waals surface area contributed by atoms with E-state index in [9.17, 15) is 0 Å². The largest absolute Gasteiger partial charge is 0.546 e. The molecule has 0 saturated heterocycles. The number of hydrogen-bond acceptors (Lipinski definition) is 2. The molecule has 0 spiro atoms. The van der Waals surface area contributed by atoms with Gasteiger partial charge in [-0.05, 0) is 44.8 Å². The normalized spacial score (nSPS) is 14.0. The summed E-state index contributed by atoms with van der Waals surface area (Å²) < 4.78 is 12.3. The van der Waals surface area contributed by atoms with Crippen LogP contribution in [0.4, 0.5) is 0 Å². The molecule has 1 unspecified atom stereocenters. The van der Waals surface area contributed by atoms with Crippen molar-refractivity contribution in [3.63, 3.8) is 0 Å². The van der Waals surface area contributed by atoms with Gasteiger partial charge in [0.2, 0.25) is 8.32 Å². The molecule has 4 heteroatoms. The van der Waals surface area contributed by atoms with Crippen LogP contribution >= 0.6 is 0 Å². The van der Waals surface area contributed by atoms with E-state index >= 15 is 0 Å². The molecule has 1 atom stereocenters. The summed E-state index contributed by atoms with van der Waals surface area (Å²) in [5.41, 5.74) is 1.12. The molecule has 0 aliphatic rings. The molecule has 0 radical (unpaired) electrons. The van der Waals surface area contributed by atoms with Crippen molar-refractivity contribution in [3.8, 4) is 0 Å². The van der Waals surface area contributed by atoms with Gasteiger partial charge in [-0.1, -0.05) is 36.9 Å². The highest BCUT2D eigenvalue weighted by Crippen LogP contribution is 2.30. The van der Waals surface area contributed by atoms with E-state index in [2.05, 4.69) is 58.0 Å². The summed E-state index contributed by atoms with van der Waals surface area (Å²) in [5.74, 6) is 0.743. The van der Waals surface area contributed by atoms with Crippen molar-refractivity contribution in [2.75, 3.05) is 0 Å². The first-order chi connectivity index (χ1) is 8.58. The molecule has 0 aliphatic heterocycles. The summed E-state index contributed by atoms with van der Waals surface area (Å²) in [4.78, 5) is 0. The fourth-order valence-corrected chi connectivity index (χ4v) is 3.62. The zero-order chi connectivity index (χ0) is 14.7. The molecule has 0 heterocycles. The van der Waals surface area contributed by atoms with Crippen molar-refractivity contribution >= 4 is 16.6 Å². The maximum Gasteiger partial charge on any atom is 0.241 e. The van der Waals surface area contributed by atoms with Crippen molar-refractivity contribution in [1.29, 1.82) is 0 Å². The van der Waals surface area contributed by atoms with E-state index in [-0.39, 0.29) is 6.10 Å². The van der Waals surface area contributed by atoms with Gasteiger partial charge >= 0.3 is 0 Å². The molecule has 1 rings (SSSR count). The van der Waals surface area contributed by atoms with Crippen LogP contribution in [-0.2, 0) is 8.85 Å². The standard InChI is InChI=1S/C15H26O2Si2/c1-13(16-18(2,3)4)15(17-19(5,6)7)14-11-9-8-10-12-14/h8-12,15H,1H2,2-7H3. The summed E-state index contributed by atoms with van der Waals surface area (Å²) in [6.07, 6.45) is -0.153. The molecular formula is C15H26O2Si2. The van der Waals surface area contributed by atoms with Crippen molar-refractivity contribution in [2.24, 2.45) is 0 Å². The van der Waals surface area contributed by atoms with Crippen LogP contribution in [0.15, 0.2) is 42.7 Å². The van der Waals surface area contributed by atoms with E-state index in [4.69, 9.17) is 8.85 Å². The van der Waals surface area contributed by atoms with Gasteiger partial charge in [-0.25, -0.2) is 0 Å². The third-order valence-electron chi connectivity index (χ3n) is 2.30. The molecule has 0 bridgehead atoms. The molecule has 1 aromatic rings. The van der Waals surface area contributed by atoms with Gasteiger partial charge < -0.3 is 8.85 Å². The predicted octanol–water partition coefficient (Wildman–Crippen LogP) is 4.94. The first kappa shape index (κ1) is 16.2. The molecular weight excluding hydrogens is 268 g/mol. The van der Waals surface area contributed by atoms with Crippen LogP contribution in [0.25, 0.3) is 0 Å². The lowest BCUT2D eigenvalue weighted by molar-refractivity contribution is 0.179. The van der Waals surface area contributed by atoms with Crippen LogP contribution in [0.3, 0.4) is 0 Å². The van der Waals surface area contributed by atoms with Gasteiger partial charge in [0.15, 0.2) is 8.32 Å². The van der Waals surface area contributed by atoms with Gasteiger partial charge in [-0.2, -0.15) is 0 Å². The highest BCUT2D eigenvalue weighted by atomic mass is 28.4. The molecule has 0 amide bonds. The fourth-order valence-electron chi connectivity index (χ4n) is 1.75. The minimum absolute atomic E-state index is 0.153. The second kappa shape index (κ2) is 6.07. The molecule has 19 heavy (non-hydrogen) atoms. The maximum atomic E-state index is 6.27. The van der Waals surface area contributed by atoms with E-state index in [0.717, 1.165) is 11.3 Å². The summed E-state index contributed by atoms with van der Waals surface area (Å²) in [6.45, 7) is 17.2. The zero-order valence-electron chi connectivity index (χ0n) is 13.0. The van der Waals surface area contributed by atoms with E-state index in [1.54, 1.807) is 0 Å². The van der Waals surface area contributed by atoms with Crippen molar-refractivity contribution in [1.82, 2.24) is 0 Å². The van der Waals surface area contributed by atoms with Gasteiger partial charge in [0.1, 0.15) is 11.9 Å². The molecule has 0 aliphatic carbocycles. The van der Waals surface area contributed by atoms with Crippen LogP contribution in [0, 0.1) is 0 Å². The molecule has 0 aromatic heterocycles. The quantitative estimate of drug-likeness (QED) is 0.546. The molecule has 0 saturated carbocycles. The molecule has 0 N–H and O–H groups in total. The van der Waals surface area contributed by atoms with Gasteiger partial charge in [0, 0.05) is 0 Å². The maximum absolute atomic E-state index is 6.27. The van der Waals surface area contributed by atoms with Gasteiger partial charge in [-0.3, -0.25) is 0 Å². The Labute approximate surface area is 119 Å². The lowest BCUT2D eigenvalue weighted by atomic mass is 10.1. The Morgan fingerprint density at radius 1 is 0.947 bits per heavy atom. The number of benzene rings is 1. The minimum atomic E-state index is -1.67. The topological polar surface area (TPSA) is 18.5 Å². The lowest BCUT2D eigenvalue weighted by Crippen LogP contribution is -2.32. The van der Waals surface area contributed by atoms with Gasteiger partial charge in [-0.15, -0.1) is 0 Å². The highest BCUT2D eigenvalue weighted by molar-refractivity contribution is 6.70. The van der Waals surface area contributed by atoms with Crippen LogP contribution in [0.5, 0.6) is 0 Å². The average Bonchev–Trinajstić information content (AvgIpc) is 2.23. The van der Waals surface area contributed by atoms with Crippen LogP contribution in [0.1, 0.15) is 11.7 Å². The van der Waals surface area contributed by atoms with Crippen molar-refractivity contribution < 1.29 is 8.85 Å². The summed E-state index contributed by atoms with van der Waals surface area (Å²) >= 11 is 0. The second-order valence-electron chi connectivity index (χ2n) is 6.70. The third kappa shape index (κ3) is 6.23. The Balaban J connectivity index is 2.97. The van der Waals surface area contributed by atoms with Crippen molar-refractivity contribution in [2.45, 2.75) is 45.4 Å². The van der Waals surface area contributed by atoms with Crippen LogP contribution < -0.4 is 0 Å². The Hall–Kier alpha value is -0.846.